The first-order valence-corrected chi connectivity index (χ1v) is 11.8. The van der Waals surface area contributed by atoms with Gasteiger partial charge in [0.1, 0.15) is 5.75 Å². The molecule has 1 unspecified atom stereocenters. The summed E-state index contributed by atoms with van der Waals surface area (Å²) in [7, 11) is 0.961. The largest absolute Gasteiger partial charge is 0.573 e. The van der Waals surface area contributed by atoms with Crippen LogP contribution in [0.25, 0.3) is 0 Å². The van der Waals surface area contributed by atoms with Crippen LogP contribution in [0.15, 0.2) is 84.0 Å². The number of benzene rings is 3. The van der Waals surface area contributed by atoms with Crippen LogP contribution in [0.1, 0.15) is 18.1 Å². The van der Waals surface area contributed by atoms with Crippen LogP contribution in [0.4, 0.5) is 23.7 Å². The second-order valence-corrected chi connectivity index (χ2v) is 9.10. The topological polar surface area (TPSA) is 88.5 Å². The minimum Gasteiger partial charge on any atom is -0.462 e. The molecule has 1 aliphatic rings. The number of esters is 1. The highest BCUT2D eigenvalue weighted by Crippen LogP contribution is 2.36. The van der Waals surface area contributed by atoms with E-state index in [0.29, 0.717) is 21.2 Å². The molecular weight excluding hydrogens is 539 g/mol. The van der Waals surface area contributed by atoms with Crippen LogP contribution in [0, 0.1) is 0 Å². The molecule has 0 saturated heterocycles. The Morgan fingerprint density at radius 2 is 1.59 bits per heavy atom. The van der Waals surface area contributed by atoms with Gasteiger partial charge in [0.05, 0.1) is 30.5 Å². The second-order valence-electron chi connectivity index (χ2n) is 8.67. The lowest BCUT2D eigenvalue weighted by atomic mass is 9.76. The normalized spacial score (nSPS) is 16.9. The van der Waals surface area contributed by atoms with E-state index < -0.39 is 35.4 Å². The first kappa shape index (κ1) is 27.6. The fourth-order valence-corrected chi connectivity index (χ4v) is 4.30. The maximum absolute atomic E-state index is 13.8. The summed E-state index contributed by atoms with van der Waals surface area (Å²) in [5.74, 6) is -3.29. The van der Waals surface area contributed by atoms with Gasteiger partial charge in [0.25, 0.3) is 0 Å². The summed E-state index contributed by atoms with van der Waals surface area (Å²) < 4.78 is 46.1. The smallest absolute Gasteiger partial charge is 0.462 e. The number of amides is 3. The number of hydrogen-bond acceptors (Lipinski definition) is 6. The zero-order valence-electron chi connectivity index (χ0n) is 20.6. The number of hydrazone groups is 1. The number of rotatable bonds is 4. The molecule has 0 fully saturated rings. The lowest BCUT2D eigenvalue weighted by molar-refractivity contribution is -0.274. The van der Waals surface area contributed by atoms with Crippen molar-refractivity contribution in [2.24, 2.45) is 5.10 Å². The summed E-state index contributed by atoms with van der Waals surface area (Å²) in [5, 5.41) is 6.06. The molecule has 4 rings (SSSR count). The summed E-state index contributed by atoms with van der Waals surface area (Å²) in [6.45, 7) is 1.85. The van der Waals surface area contributed by atoms with Gasteiger partial charge < -0.3 is 9.47 Å². The molecule has 12 heteroatoms. The molecule has 3 amide bonds. The Balaban J connectivity index is 1.76. The minimum atomic E-state index is -4.94. The molecule has 3 aromatic carbocycles. The van der Waals surface area contributed by atoms with Gasteiger partial charge in [0.15, 0.2) is 0 Å². The maximum Gasteiger partial charge on any atom is 0.573 e. The average molecular weight is 560 g/mol. The van der Waals surface area contributed by atoms with Gasteiger partial charge in [-0.1, -0.05) is 54.1 Å². The van der Waals surface area contributed by atoms with E-state index in [1.54, 1.807) is 24.3 Å². The predicted octanol–water partition coefficient (Wildman–Crippen LogP) is 5.54. The van der Waals surface area contributed by atoms with E-state index in [1.165, 1.54) is 0 Å². The van der Waals surface area contributed by atoms with E-state index >= 15 is 0 Å². The Morgan fingerprint density at radius 3 is 2.15 bits per heavy atom. The highest BCUT2D eigenvalue weighted by Gasteiger charge is 2.45. The zero-order chi connectivity index (χ0) is 28.4. The van der Waals surface area contributed by atoms with Gasteiger partial charge >= 0.3 is 24.3 Å². The number of imide groups is 1. The van der Waals surface area contributed by atoms with Crippen molar-refractivity contribution in [2.45, 2.75) is 18.7 Å². The molecule has 1 atom stereocenters. The van der Waals surface area contributed by atoms with E-state index in [4.69, 9.17) is 11.6 Å². The molecule has 1 aliphatic heterocycles. The number of carbonyl (C=O) groups is 3. The second kappa shape index (κ2) is 10.8. The lowest BCUT2D eigenvalue weighted by Gasteiger charge is -2.28. The van der Waals surface area contributed by atoms with Crippen molar-refractivity contribution < 1.29 is 37.0 Å². The van der Waals surface area contributed by atoms with Gasteiger partial charge in [-0.05, 0) is 54.4 Å². The first-order valence-electron chi connectivity index (χ1n) is 11.4. The Hall–Kier alpha value is -4.38. The minimum absolute atomic E-state index is 0.0198. The van der Waals surface area contributed by atoms with Crippen LogP contribution in [0.3, 0.4) is 0 Å². The van der Waals surface area contributed by atoms with E-state index in [9.17, 15) is 27.6 Å². The number of methoxy groups -OCH3 is 1. The van der Waals surface area contributed by atoms with Crippen LogP contribution in [-0.4, -0.2) is 48.6 Å². The fraction of sp³-hybridized carbons (Fsp3) is 0.185. The van der Waals surface area contributed by atoms with Gasteiger partial charge in [0, 0.05) is 5.02 Å². The fourth-order valence-electron chi connectivity index (χ4n) is 4.17. The number of anilines is 1. The third-order valence-corrected chi connectivity index (χ3v) is 6.29. The molecule has 202 valence electrons. The van der Waals surface area contributed by atoms with Crippen molar-refractivity contribution >= 4 is 40.9 Å². The molecule has 0 N–H and O–H groups in total. The maximum atomic E-state index is 13.8. The van der Waals surface area contributed by atoms with Gasteiger partial charge in [-0.2, -0.15) is 5.10 Å². The first-order chi connectivity index (χ1) is 18.4. The Kier molecular flexibility index (Phi) is 7.64. The van der Waals surface area contributed by atoms with Gasteiger partial charge in [-0.3, -0.25) is 4.79 Å². The van der Waals surface area contributed by atoms with E-state index in [1.807, 2.05) is 37.3 Å². The number of nitrogens with zero attached hydrogens (tertiary/aromatic N) is 3. The lowest BCUT2D eigenvalue weighted by Crippen LogP contribution is -2.48. The molecule has 39 heavy (non-hydrogen) atoms. The van der Waals surface area contributed by atoms with Crippen molar-refractivity contribution in [1.29, 1.82) is 0 Å². The third kappa shape index (κ3) is 5.88. The summed E-state index contributed by atoms with van der Waals surface area (Å²) in [6.07, 6.45) is -4.94. The van der Waals surface area contributed by atoms with Crippen molar-refractivity contribution in [3.05, 3.63) is 95.0 Å². The quantitative estimate of drug-likeness (QED) is 0.309. The standard InChI is InChI=1S/C27H21ClF3N3O5/c1-26(18-6-4-3-5-7-18)16-33(32-22(26)17-8-10-19(28)11-9-17)25(37)34(23(35)24(36)38-2)20-12-14-21(15-13-20)39-27(29,30)31/h3-15H,16H2,1-2H3. The number of alkyl halides is 3. The Bertz CT molecular complexity index is 1410. The van der Waals surface area contributed by atoms with E-state index in [2.05, 4.69) is 14.6 Å². The monoisotopic (exact) mass is 559 g/mol. The van der Waals surface area contributed by atoms with Crippen LogP contribution in [0.5, 0.6) is 5.75 Å². The van der Waals surface area contributed by atoms with Crippen LogP contribution in [-0.2, 0) is 19.7 Å². The summed E-state index contributed by atoms with van der Waals surface area (Å²) in [6, 6.07) is 19.0. The average Bonchev–Trinajstić information content (AvgIpc) is 3.28. The van der Waals surface area contributed by atoms with Gasteiger partial charge in [-0.25, -0.2) is 19.5 Å². The number of carbonyl (C=O) groups excluding carboxylic acids is 3. The van der Waals surface area contributed by atoms with Crippen molar-refractivity contribution in [3.8, 4) is 5.75 Å². The number of urea groups is 1. The number of ether oxygens (including phenoxy) is 2. The van der Waals surface area contributed by atoms with E-state index in [0.717, 1.165) is 41.9 Å². The molecule has 3 aromatic rings. The summed E-state index contributed by atoms with van der Waals surface area (Å²) in [5.41, 5.74) is 0.962. The third-order valence-electron chi connectivity index (χ3n) is 6.04. The van der Waals surface area contributed by atoms with Crippen molar-refractivity contribution in [2.75, 3.05) is 18.6 Å². The summed E-state index contributed by atoms with van der Waals surface area (Å²) in [4.78, 5) is 39.3. The molecule has 0 radical (unpaired) electrons. The van der Waals surface area contributed by atoms with Crippen LogP contribution < -0.4 is 9.64 Å². The molecule has 0 bridgehead atoms. The predicted molar refractivity (Wildman–Crippen MR) is 137 cm³/mol. The molecular formula is C27H21ClF3N3O5. The molecule has 8 nitrogen and oxygen atoms in total. The van der Waals surface area contributed by atoms with Crippen LogP contribution in [0.2, 0.25) is 5.02 Å². The molecule has 1 heterocycles. The van der Waals surface area contributed by atoms with Gasteiger partial charge in [0.2, 0.25) is 0 Å². The summed E-state index contributed by atoms with van der Waals surface area (Å²) >= 11 is 6.06. The number of halogens is 4. The molecule has 0 aliphatic carbocycles. The van der Waals surface area contributed by atoms with Crippen molar-refractivity contribution in [1.82, 2.24) is 5.01 Å². The molecule has 0 aromatic heterocycles. The zero-order valence-corrected chi connectivity index (χ0v) is 21.4. The Labute approximate surface area is 226 Å². The van der Waals surface area contributed by atoms with Gasteiger partial charge in [-0.15, -0.1) is 13.2 Å². The van der Waals surface area contributed by atoms with E-state index in [-0.39, 0.29) is 12.2 Å². The Morgan fingerprint density at radius 1 is 0.974 bits per heavy atom. The van der Waals surface area contributed by atoms with Crippen LogP contribution >= 0.6 is 11.6 Å². The SMILES string of the molecule is COC(=O)C(=O)N(C(=O)N1CC(C)(c2ccccc2)C(c2ccc(Cl)cc2)=N1)c1ccc(OC(F)(F)F)cc1. The molecule has 0 spiro atoms. The van der Waals surface area contributed by atoms with Crippen molar-refractivity contribution in [3.63, 3.8) is 0 Å². The molecule has 0 saturated carbocycles. The number of hydrogen-bond donors (Lipinski definition) is 0. The highest BCUT2D eigenvalue weighted by atomic mass is 35.5. The highest BCUT2D eigenvalue weighted by molar-refractivity contribution is 6.43.